The number of nitrogens with one attached hydrogen (secondary N) is 1. The molecule has 5 heteroatoms. The Labute approximate surface area is 109 Å². The van der Waals surface area contributed by atoms with E-state index in [1.54, 1.807) is 4.90 Å². The highest BCUT2D eigenvalue weighted by molar-refractivity contribution is 5.85. The van der Waals surface area contributed by atoms with Crippen LogP contribution < -0.4 is 11.1 Å². The minimum Gasteiger partial charge on any atom is -0.354 e. The van der Waals surface area contributed by atoms with Crippen molar-refractivity contribution in [3.05, 3.63) is 0 Å². The van der Waals surface area contributed by atoms with Crippen molar-refractivity contribution in [1.82, 2.24) is 10.2 Å². The maximum atomic E-state index is 12.1. The fourth-order valence-electron chi connectivity index (χ4n) is 2.23. The summed E-state index contributed by atoms with van der Waals surface area (Å²) in [6.07, 6.45) is 1.94. The number of carbonyl (C=O) groups is 2. The Bertz CT molecular complexity index is 310. The number of amides is 2. The van der Waals surface area contributed by atoms with Crippen molar-refractivity contribution in [1.29, 1.82) is 0 Å². The molecule has 3 N–H and O–H groups in total. The van der Waals surface area contributed by atoms with Crippen molar-refractivity contribution in [2.75, 3.05) is 19.6 Å². The van der Waals surface area contributed by atoms with E-state index in [9.17, 15) is 9.59 Å². The summed E-state index contributed by atoms with van der Waals surface area (Å²) < 4.78 is 0. The summed E-state index contributed by atoms with van der Waals surface area (Å²) in [6.45, 7) is 7.78. The van der Waals surface area contributed by atoms with Gasteiger partial charge in [0.1, 0.15) is 0 Å². The van der Waals surface area contributed by atoms with Crippen molar-refractivity contribution in [3.63, 3.8) is 0 Å². The third-order valence-corrected chi connectivity index (χ3v) is 2.93. The van der Waals surface area contributed by atoms with E-state index in [2.05, 4.69) is 26.1 Å². The lowest BCUT2D eigenvalue weighted by molar-refractivity contribution is -0.135. The lowest BCUT2D eigenvalue weighted by Crippen LogP contribution is -2.40. The van der Waals surface area contributed by atoms with Crippen molar-refractivity contribution >= 4 is 11.8 Å². The Kier molecular flexibility index (Phi) is 5.14. The van der Waals surface area contributed by atoms with Gasteiger partial charge in [0.2, 0.25) is 11.8 Å². The van der Waals surface area contributed by atoms with E-state index in [0.717, 1.165) is 12.8 Å². The SMILES string of the molecule is CC(C)(C)CC(N)CC(=O)N1CCCNC(=O)C1. The van der Waals surface area contributed by atoms with Gasteiger partial charge in [-0.2, -0.15) is 0 Å². The van der Waals surface area contributed by atoms with Crippen LogP contribution >= 0.6 is 0 Å². The van der Waals surface area contributed by atoms with E-state index in [4.69, 9.17) is 5.73 Å². The average Bonchev–Trinajstić information content (AvgIpc) is 2.39. The number of rotatable bonds is 3. The standard InChI is InChI=1S/C13H25N3O2/c1-13(2,3)8-10(14)7-12(18)16-6-4-5-15-11(17)9-16/h10H,4-9,14H2,1-3H3,(H,15,17). The van der Waals surface area contributed by atoms with Gasteiger partial charge in [-0.15, -0.1) is 0 Å². The molecule has 0 aromatic carbocycles. The first-order valence-electron chi connectivity index (χ1n) is 6.58. The highest BCUT2D eigenvalue weighted by atomic mass is 16.2. The van der Waals surface area contributed by atoms with Crippen LogP contribution in [0.1, 0.15) is 40.0 Å². The van der Waals surface area contributed by atoms with Gasteiger partial charge in [-0.05, 0) is 18.3 Å². The Morgan fingerprint density at radius 1 is 1.50 bits per heavy atom. The number of hydrogen-bond donors (Lipinski definition) is 2. The Balaban J connectivity index is 2.46. The number of nitrogens with two attached hydrogens (primary N) is 1. The summed E-state index contributed by atoms with van der Waals surface area (Å²) in [7, 11) is 0. The Morgan fingerprint density at radius 2 is 2.17 bits per heavy atom. The molecule has 0 bridgehead atoms. The van der Waals surface area contributed by atoms with E-state index in [1.807, 2.05) is 0 Å². The number of hydrogen-bond acceptors (Lipinski definition) is 3. The van der Waals surface area contributed by atoms with E-state index in [0.29, 0.717) is 19.5 Å². The van der Waals surface area contributed by atoms with Crippen LogP contribution in [-0.4, -0.2) is 42.4 Å². The molecule has 2 amide bonds. The zero-order valence-corrected chi connectivity index (χ0v) is 11.7. The number of carbonyl (C=O) groups excluding carboxylic acids is 2. The summed E-state index contributed by atoms with van der Waals surface area (Å²) in [4.78, 5) is 25.1. The van der Waals surface area contributed by atoms with Crippen molar-refractivity contribution in [2.24, 2.45) is 11.1 Å². The van der Waals surface area contributed by atoms with Gasteiger partial charge in [-0.3, -0.25) is 9.59 Å². The maximum Gasteiger partial charge on any atom is 0.239 e. The molecular weight excluding hydrogens is 230 g/mol. The lowest BCUT2D eigenvalue weighted by Gasteiger charge is -2.25. The van der Waals surface area contributed by atoms with Crippen molar-refractivity contribution < 1.29 is 9.59 Å². The molecule has 1 aliphatic heterocycles. The first-order valence-corrected chi connectivity index (χ1v) is 6.58. The fourth-order valence-corrected chi connectivity index (χ4v) is 2.23. The second-order valence-electron chi connectivity index (χ2n) is 6.25. The highest BCUT2D eigenvalue weighted by Crippen LogP contribution is 2.21. The zero-order valence-electron chi connectivity index (χ0n) is 11.7. The Morgan fingerprint density at radius 3 is 2.78 bits per heavy atom. The molecule has 1 rings (SSSR count). The van der Waals surface area contributed by atoms with E-state index < -0.39 is 0 Å². The summed E-state index contributed by atoms with van der Waals surface area (Å²) in [5.41, 5.74) is 6.11. The molecule has 1 atom stereocenters. The first kappa shape index (κ1) is 15.0. The van der Waals surface area contributed by atoms with Crippen LogP contribution in [0, 0.1) is 5.41 Å². The van der Waals surface area contributed by atoms with Gasteiger partial charge in [-0.25, -0.2) is 0 Å². The van der Waals surface area contributed by atoms with Crippen LogP contribution in [0.5, 0.6) is 0 Å². The van der Waals surface area contributed by atoms with Crippen LogP contribution in [-0.2, 0) is 9.59 Å². The predicted octanol–water partition coefficient (Wildman–Crippen LogP) is 0.489. The number of nitrogens with zero attached hydrogens (tertiary/aromatic N) is 1. The highest BCUT2D eigenvalue weighted by Gasteiger charge is 2.23. The second-order valence-corrected chi connectivity index (χ2v) is 6.25. The predicted molar refractivity (Wildman–Crippen MR) is 70.9 cm³/mol. The van der Waals surface area contributed by atoms with Crippen LogP contribution in [0.25, 0.3) is 0 Å². The Hall–Kier alpha value is -1.10. The van der Waals surface area contributed by atoms with E-state index in [-0.39, 0.29) is 29.8 Å². The zero-order chi connectivity index (χ0) is 13.8. The van der Waals surface area contributed by atoms with Gasteiger partial charge >= 0.3 is 0 Å². The molecule has 0 aliphatic carbocycles. The molecule has 1 unspecified atom stereocenters. The van der Waals surface area contributed by atoms with Gasteiger partial charge in [-0.1, -0.05) is 20.8 Å². The van der Waals surface area contributed by atoms with Crippen LogP contribution in [0.4, 0.5) is 0 Å². The molecule has 5 nitrogen and oxygen atoms in total. The molecule has 0 spiro atoms. The van der Waals surface area contributed by atoms with Gasteiger partial charge in [0, 0.05) is 25.6 Å². The van der Waals surface area contributed by atoms with Crippen LogP contribution in [0.3, 0.4) is 0 Å². The van der Waals surface area contributed by atoms with E-state index in [1.165, 1.54) is 0 Å². The normalized spacial score (nSPS) is 19.1. The molecule has 1 heterocycles. The molecule has 0 saturated carbocycles. The summed E-state index contributed by atoms with van der Waals surface area (Å²) in [5, 5.41) is 2.76. The molecule has 1 saturated heterocycles. The first-order chi connectivity index (χ1) is 8.28. The van der Waals surface area contributed by atoms with Crippen LogP contribution in [0.15, 0.2) is 0 Å². The summed E-state index contributed by atoms with van der Waals surface area (Å²) >= 11 is 0. The quantitative estimate of drug-likeness (QED) is 0.770. The summed E-state index contributed by atoms with van der Waals surface area (Å²) in [5.74, 6) is -0.0888. The second kappa shape index (κ2) is 6.18. The van der Waals surface area contributed by atoms with Gasteiger partial charge < -0.3 is 16.0 Å². The molecule has 18 heavy (non-hydrogen) atoms. The van der Waals surface area contributed by atoms with Crippen molar-refractivity contribution in [3.8, 4) is 0 Å². The largest absolute Gasteiger partial charge is 0.354 e. The lowest BCUT2D eigenvalue weighted by atomic mass is 9.87. The van der Waals surface area contributed by atoms with Gasteiger partial charge in [0.05, 0.1) is 6.54 Å². The molecule has 1 fully saturated rings. The minimum atomic E-state index is -0.135. The fraction of sp³-hybridized carbons (Fsp3) is 0.846. The molecule has 104 valence electrons. The third-order valence-electron chi connectivity index (χ3n) is 2.93. The monoisotopic (exact) mass is 255 g/mol. The van der Waals surface area contributed by atoms with E-state index >= 15 is 0 Å². The topological polar surface area (TPSA) is 75.4 Å². The molecule has 1 aliphatic rings. The smallest absolute Gasteiger partial charge is 0.239 e. The molecular formula is C13H25N3O2. The average molecular weight is 255 g/mol. The maximum absolute atomic E-state index is 12.1. The van der Waals surface area contributed by atoms with Gasteiger partial charge in [0.15, 0.2) is 0 Å². The molecule has 0 aromatic rings. The van der Waals surface area contributed by atoms with Crippen LogP contribution in [0.2, 0.25) is 0 Å². The molecule has 0 aromatic heterocycles. The van der Waals surface area contributed by atoms with Gasteiger partial charge in [0.25, 0.3) is 0 Å². The minimum absolute atomic E-state index is 0.0104. The summed E-state index contributed by atoms with van der Waals surface area (Å²) in [6, 6.07) is -0.135. The third kappa shape index (κ3) is 5.49. The van der Waals surface area contributed by atoms with Crippen molar-refractivity contribution in [2.45, 2.75) is 46.1 Å². The molecule has 0 radical (unpaired) electrons.